The molecule has 1 amide bonds. The number of ether oxygens (including phenoxy) is 1. The molecule has 0 aromatic heterocycles. The maximum absolute atomic E-state index is 13.5. The van der Waals surface area contributed by atoms with Gasteiger partial charge in [-0.3, -0.25) is 14.9 Å². The number of nitrogens with one attached hydrogen (secondary N) is 1. The zero-order valence-corrected chi connectivity index (χ0v) is 13.7. The van der Waals surface area contributed by atoms with Crippen molar-refractivity contribution < 1.29 is 23.6 Å². The van der Waals surface area contributed by atoms with Crippen LogP contribution in [0.15, 0.2) is 36.4 Å². The summed E-state index contributed by atoms with van der Waals surface area (Å²) in [4.78, 5) is 34.1. The molecule has 25 heavy (non-hydrogen) atoms. The monoisotopic (exact) mass is 366 g/mol. The van der Waals surface area contributed by atoms with Crippen LogP contribution in [0.2, 0.25) is 5.02 Å². The normalized spacial score (nSPS) is 10.2. The van der Waals surface area contributed by atoms with Gasteiger partial charge in [0.15, 0.2) is 6.61 Å². The van der Waals surface area contributed by atoms with Crippen LogP contribution in [0, 0.1) is 22.9 Å². The number of rotatable bonds is 5. The van der Waals surface area contributed by atoms with Crippen LogP contribution in [0.4, 0.5) is 15.8 Å². The first-order chi connectivity index (χ1) is 11.8. The lowest BCUT2D eigenvalue weighted by molar-refractivity contribution is -0.385. The van der Waals surface area contributed by atoms with Crippen molar-refractivity contribution in [3.8, 4) is 0 Å². The molecule has 0 saturated heterocycles. The molecule has 0 atom stereocenters. The van der Waals surface area contributed by atoms with E-state index in [2.05, 4.69) is 5.32 Å². The number of halogens is 2. The molecular weight excluding hydrogens is 355 g/mol. The van der Waals surface area contributed by atoms with Crippen LogP contribution >= 0.6 is 11.6 Å². The highest BCUT2D eigenvalue weighted by Gasteiger charge is 2.24. The standard InChI is InChI=1S/C16H12ClFN2O5/c1-9-3-2-4-13(20(23)24)15(9)16(22)25-8-14(21)19-12-7-10(17)5-6-11(12)18/h2-7H,8H2,1H3,(H,19,21). The number of anilines is 1. The number of aryl methyl sites for hydroxylation is 1. The van der Waals surface area contributed by atoms with E-state index < -0.39 is 34.9 Å². The number of benzene rings is 2. The third-order valence-electron chi connectivity index (χ3n) is 3.19. The lowest BCUT2D eigenvalue weighted by atomic mass is 10.1. The largest absolute Gasteiger partial charge is 0.452 e. The van der Waals surface area contributed by atoms with E-state index in [9.17, 15) is 24.1 Å². The van der Waals surface area contributed by atoms with Gasteiger partial charge in [0.1, 0.15) is 11.4 Å². The van der Waals surface area contributed by atoms with Crippen molar-refractivity contribution in [1.29, 1.82) is 0 Å². The molecule has 0 spiro atoms. The summed E-state index contributed by atoms with van der Waals surface area (Å²) in [6.07, 6.45) is 0. The summed E-state index contributed by atoms with van der Waals surface area (Å²) in [5.74, 6) is -2.55. The summed E-state index contributed by atoms with van der Waals surface area (Å²) in [6.45, 7) is 0.765. The van der Waals surface area contributed by atoms with Crippen molar-refractivity contribution in [1.82, 2.24) is 0 Å². The molecule has 0 aliphatic heterocycles. The van der Waals surface area contributed by atoms with Crippen LogP contribution in [-0.2, 0) is 9.53 Å². The average molecular weight is 367 g/mol. The fraction of sp³-hybridized carbons (Fsp3) is 0.125. The number of esters is 1. The third kappa shape index (κ3) is 4.51. The first kappa shape index (κ1) is 18.3. The smallest absolute Gasteiger partial charge is 0.345 e. The first-order valence-corrected chi connectivity index (χ1v) is 7.33. The fourth-order valence-electron chi connectivity index (χ4n) is 2.05. The van der Waals surface area contributed by atoms with Gasteiger partial charge >= 0.3 is 5.97 Å². The first-order valence-electron chi connectivity index (χ1n) is 6.95. The summed E-state index contributed by atoms with van der Waals surface area (Å²) in [7, 11) is 0. The number of carbonyl (C=O) groups is 2. The van der Waals surface area contributed by atoms with Gasteiger partial charge in [0.2, 0.25) is 0 Å². The molecule has 7 nitrogen and oxygen atoms in total. The topological polar surface area (TPSA) is 98.5 Å². The molecule has 2 rings (SSSR count). The Morgan fingerprint density at radius 2 is 2.04 bits per heavy atom. The van der Waals surface area contributed by atoms with Crippen LogP contribution in [0.25, 0.3) is 0 Å². The summed E-state index contributed by atoms with van der Waals surface area (Å²) in [5, 5.41) is 13.4. The zero-order valence-electron chi connectivity index (χ0n) is 12.9. The number of amides is 1. The van der Waals surface area contributed by atoms with Gasteiger partial charge in [-0.05, 0) is 30.7 Å². The van der Waals surface area contributed by atoms with Crippen LogP contribution in [0.1, 0.15) is 15.9 Å². The molecule has 0 fully saturated rings. The Morgan fingerprint density at radius 1 is 1.32 bits per heavy atom. The number of nitrogens with zero attached hydrogens (tertiary/aromatic N) is 1. The molecule has 0 saturated carbocycles. The molecule has 2 aromatic carbocycles. The summed E-state index contributed by atoms with van der Waals surface area (Å²) >= 11 is 5.71. The quantitative estimate of drug-likeness (QED) is 0.496. The number of nitro groups is 1. The predicted molar refractivity (Wildman–Crippen MR) is 88.2 cm³/mol. The van der Waals surface area contributed by atoms with Gasteiger partial charge in [-0.1, -0.05) is 23.7 Å². The van der Waals surface area contributed by atoms with Crippen molar-refractivity contribution >= 4 is 34.9 Å². The van der Waals surface area contributed by atoms with Gasteiger partial charge in [0.25, 0.3) is 11.6 Å². The van der Waals surface area contributed by atoms with Crippen molar-refractivity contribution in [3.63, 3.8) is 0 Å². The lowest BCUT2D eigenvalue weighted by Gasteiger charge is -2.09. The minimum Gasteiger partial charge on any atom is -0.452 e. The van der Waals surface area contributed by atoms with Crippen molar-refractivity contribution in [3.05, 3.63) is 68.5 Å². The van der Waals surface area contributed by atoms with E-state index in [1.807, 2.05) is 0 Å². The Bertz CT molecular complexity index is 856. The molecule has 9 heteroatoms. The van der Waals surface area contributed by atoms with E-state index in [4.69, 9.17) is 16.3 Å². The lowest BCUT2D eigenvalue weighted by Crippen LogP contribution is -2.22. The van der Waals surface area contributed by atoms with Crippen LogP contribution in [0.3, 0.4) is 0 Å². The number of nitro benzene ring substituents is 1. The Kier molecular flexibility index (Phi) is 5.66. The Hall–Kier alpha value is -3.00. The summed E-state index contributed by atoms with van der Waals surface area (Å²) in [6, 6.07) is 7.67. The maximum Gasteiger partial charge on any atom is 0.345 e. The van der Waals surface area contributed by atoms with E-state index in [1.54, 1.807) is 0 Å². The zero-order chi connectivity index (χ0) is 18.6. The second-order valence-corrected chi connectivity index (χ2v) is 5.41. The molecule has 1 N–H and O–H groups in total. The van der Waals surface area contributed by atoms with E-state index >= 15 is 0 Å². The van der Waals surface area contributed by atoms with Crippen LogP contribution in [-0.4, -0.2) is 23.4 Å². The Balaban J connectivity index is 2.06. The molecule has 0 radical (unpaired) electrons. The molecule has 2 aromatic rings. The van der Waals surface area contributed by atoms with Crippen molar-refractivity contribution in [2.24, 2.45) is 0 Å². The van der Waals surface area contributed by atoms with Crippen molar-refractivity contribution in [2.45, 2.75) is 6.92 Å². The second kappa shape index (κ2) is 7.71. The highest BCUT2D eigenvalue weighted by molar-refractivity contribution is 6.30. The number of hydrogen-bond donors (Lipinski definition) is 1. The molecule has 0 aliphatic carbocycles. The van der Waals surface area contributed by atoms with Crippen LogP contribution < -0.4 is 5.32 Å². The van der Waals surface area contributed by atoms with Gasteiger partial charge in [0, 0.05) is 11.1 Å². The average Bonchev–Trinajstić information content (AvgIpc) is 2.55. The maximum atomic E-state index is 13.5. The molecule has 0 aliphatic rings. The predicted octanol–water partition coefficient (Wildman–Crippen LogP) is 3.49. The van der Waals surface area contributed by atoms with Gasteiger partial charge in [-0.15, -0.1) is 0 Å². The fourth-order valence-corrected chi connectivity index (χ4v) is 2.22. The third-order valence-corrected chi connectivity index (χ3v) is 3.42. The van der Waals surface area contributed by atoms with E-state index in [1.165, 1.54) is 31.2 Å². The van der Waals surface area contributed by atoms with E-state index in [-0.39, 0.29) is 16.3 Å². The van der Waals surface area contributed by atoms with Gasteiger partial charge in [-0.25, -0.2) is 9.18 Å². The van der Waals surface area contributed by atoms with Crippen molar-refractivity contribution in [2.75, 3.05) is 11.9 Å². The summed E-state index contributed by atoms with van der Waals surface area (Å²) in [5.41, 5.74) is -0.503. The highest BCUT2D eigenvalue weighted by Crippen LogP contribution is 2.23. The van der Waals surface area contributed by atoms with Gasteiger partial charge in [0.05, 0.1) is 10.6 Å². The van der Waals surface area contributed by atoms with Gasteiger partial charge in [-0.2, -0.15) is 0 Å². The number of hydrogen-bond acceptors (Lipinski definition) is 5. The molecule has 0 unspecified atom stereocenters. The van der Waals surface area contributed by atoms with Gasteiger partial charge < -0.3 is 10.1 Å². The molecule has 0 bridgehead atoms. The molecule has 130 valence electrons. The molecule has 0 heterocycles. The minimum atomic E-state index is -1.02. The Labute approximate surface area is 146 Å². The highest BCUT2D eigenvalue weighted by atomic mass is 35.5. The second-order valence-electron chi connectivity index (χ2n) is 4.97. The summed E-state index contributed by atoms with van der Waals surface area (Å²) < 4.78 is 18.3. The van der Waals surface area contributed by atoms with Crippen LogP contribution in [0.5, 0.6) is 0 Å². The Morgan fingerprint density at radius 3 is 2.72 bits per heavy atom. The van der Waals surface area contributed by atoms with E-state index in [0.29, 0.717) is 5.56 Å². The minimum absolute atomic E-state index is 0.171. The van der Waals surface area contributed by atoms with E-state index in [0.717, 1.165) is 12.1 Å². The number of carbonyl (C=O) groups excluding carboxylic acids is 2. The molecular formula is C16H12ClFN2O5. The SMILES string of the molecule is Cc1cccc([N+](=O)[O-])c1C(=O)OCC(=O)Nc1cc(Cl)ccc1F.